The smallest absolute Gasteiger partial charge is 0.334 e. The Hall–Kier alpha value is -2.64. The van der Waals surface area contributed by atoms with Crippen molar-refractivity contribution in [3.8, 4) is 0 Å². The van der Waals surface area contributed by atoms with E-state index in [2.05, 4.69) is 5.32 Å². The van der Waals surface area contributed by atoms with Crippen LogP contribution in [0, 0.1) is 0 Å². The van der Waals surface area contributed by atoms with Crippen LogP contribution in [0.15, 0.2) is 36.4 Å². The fourth-order valence-electron chi connectivity index (χ4n) is 3.67. The number of benzene rings is 2. The van der Waals surface area contributed by atoms with Gasteiger partial charge in [0.15, 0.2) is 0 Å². The van der Waals surface area contributed by atoms with Crippen LogP contribution in [0.5, 0.6) is 0 Å². The number of amides is 2. The molecule has 2 amide bonds. The molecule has 1 unspecified atom stereocenters. The maximum atomic E-state index is 13.8. The lowest BCUT2D eigenvalue weighted by Crippen LogP contribution is -2.45. The zero-order chi connectivity index (χ0) is 32.2. The molecule has 2 aromatic carbocycles. The quantitative estimate of drug-likeness (QED) is 0.164. The minimum absolute atomic E-state index is 0.183. The highest BCUT2D eigenvalue weighted by molar-refractivity contribution is 6.48. The van der Waals surface area contributed by atoms with E-state index in [4.69, 9.17) is 34.8 Å². The molecule has 1 atom stereocenters. The summed E-state index contributed by atoms with van der Waals surface area (Å²) in [6, 6.07) is 3.27. The minimum atomic E-state index is -5.13. The topological polar surface area (TPSA) is 49.4 Å². The Labute approximate surface area is 249 Å². The van der Waals surface area contributed by atoms with E-state index in [9.17, 15) is 49.1 Å². The number of halogens is 12. The number of nitrogens with one attached hydrogen (secondary N) is 1. The van der Waals surface area contributed by atoms with Gasteiger partial charge in [0.2, 0.25) is 5.91 Å². The van der Waals surface area contributed by atoms with Crippen molar-refractivity contribution in [1.29, 1.82) is 0 Å². The lowest BCUT2D eigenvalue weighted by molar-refractivity contribution is -0.150. The molecule has 2 aromatic rings. The molecule has 232 valence electrons. The van der Waals surface area contributed by atoms with Gasteiger partial charge < -0.3 is 10.2 Å². The average molecular weight is 672 g/mol. The van der Waals surface area contributed by atoms with Gasteiger partial charge in [-0.1, -0.05) is 53.0 Å². The highest BCUT2D eigenvalue weighted by Gasteiger charge is 2.40. The van der Waals surface area contributed by atoms with E-state index in [1.165, 1.54) is 13.8 Å². The van der Waals surface area contributed by atoms with Crippen LogP contribution >= 0.6 is 34.8 Å². The van der Waals surface area contributed by atoms with Crippen LogP contribution in [-0.4, -0.2) is 41.8 Å². The van der Waals surface area contributed by atoms with Gasteiger partial charge in [-0.3, -0.25) is 9.59 Å². The molecular formula is C26H22Cl3F9N2O2. The highest BCUT2D eigenvalue weighted by Crippen LogP contribution is 2.41. The molecule has 0 spiro atoms. The van der Waals surface area contributed by atoms with Gasteiger partial charge in [-0.15, -0.1) is 0 Å². The molecule has 42 heavy (non-hydrogen) atoms. The van der Waals surface area contributed by atoms with Gasteiger partial charge in [0.25, 0.3) is 5.91 Å². The monoisotopic (exact) mass is 670 g/mol. The van der Waals surface area contributed by atoms with Crippen LogP contribution in [0.1, 0.15) is 59.7 Å². The first-order chi connectivity index (χ1) is 19.1. The standard InChI is InChI=1S/C26H22Cl3F9N2O2/c1-13(2)40(21(41)7-8-24(30,31)32)12-39-23(42)16-5-3-14(9-18(16)26(36,37)38)4-6-17(25(33,34)35)15-10-19(27)22(29)20(28)11-15/h3-6,9-11,13,17H,7-8,12H2,1-2H3,(H,39,42)/b6-4+. The highest BCUT2D eigenvalue weighted by atomic mass is 35.5. The molecule has 0 saturated heterocycles. The number of alkyl halides is 9. The van der Waals surface area contributed by atoms with Crippen molar-refractivity contribution in [3.63, 3.8) is 0 Å². The van der Waals surface area contributed by atoms with Crippen molar-refractivity contribution in [2.45, 2.75) is 57.2 Å². The molecule has 4 nitrogen and oxygen atoms in total. The van der Waals surface area contributed by atoms with Gasteiger partial charge >= 0.3 is 18.5 Å². The maximum absolute atomic E-state index is 13.8. The van der Waals surface area contributed by atoms with Crippen molar-refractivity contribution < 1.29 is 49.1 Å². The van der Waals surface area contributed by atoms with Crippen molar-refractivity contribution in [3.05, 3.63) is 73.7 Å². The number of rotatable bonds is 9. The number of hydrogen-bond donors (Lipinski definition) is 1. The molecule has 0 aliphatic carbocycles. The molecule has 16 heteroatoms. The Bertz CT molecular complexity index is 1300. The van der Waals surface area contributed by atoms with Gasteiger partial charge in [-0.2, -0.15) is 39.5 Å². The summed E-state index contributed by atoms with van der Waals surface area (Å²) in [5.41, 5.74) is -3.19. The van der Waals surface area contributed by atoms with E-state index in [0.717, 1.165) is 35.2 Å². The van der Waals surface area contributed by atoms with Crippen LogP contribution in [0.25, 0.3) is 6.08 Å². The summed E-state index contributed by atoms with van der Waals surface area (Å²) in [4.78, 5) is 25.7. The minimum Gasteiger partial charge on any atom is -0.334 e. The molecule has 0 heterocycles. The molecule has 0 aromatic heterocycles. The molecule has 0 fully saturated rings. The normalized spacial score (nSPS) is 13.5. The van der Waals surface area contributed by atoms with Gasteiger partial charge in [-0.25, -0.2) is 0 Å². The van der Waals surface area contributed by atoms with Gasteiger partial charge in [0.05, 0.1) is 45.2 Å². The summed E-state index contributed by atoms with van der Waals surface area (Å²) in [7, 11) is 0. The number of allylic oxidation sites excluding steroid dienone is 1. The molecule has 1 N–H and O–H groups in total. The Morgan fingerprint density at radius 1 is 0.929 bits per heavy atom. The zero-order valence-electron chi connectivity index (χ0n) is 21.6. The zero-order valence-corrected chi connectivity index (χ0v) is 23.9. The Morgan fingerprint density at radius 2 is 1.50 bits per heavy atom. The van der Waals surface area contributed by atoms with Crippen molar-refractivity contribution in [2.75, 3.05) is 6.67 Å². The average Bonchev–Trinajstić information content (AvgIpc) is 2.84. The Kier molecular flexibility index (Phi) is 11.7. The van der Waals surface area contributed by atoms with Crippen LogP contribution in [0.4, 0.5) is 39.5 Å². The third kappa shape index (κ3) is 9.98. The van der Waals surface area contributed by atoms with Crippen molar-refractivity contribution >= 4 is 52.7 Å². The number of nitrogens with zero attached hydrogens (tertiary/aromatic N) is 1. The van der Waals surface area contributed by atoms with Crippen molar-refractivity contribution in [2.24, 2.45) is 0 Å². The third-order valence-electron chi connectivity index (χ3n) is 5.77. The summed E-state index contributed by atoms with van der Waals surface area (Å²) >= 11 is 17.4. The fraction of sp³-hybridized carbons (Fsp3) is 0.385. The van der Waals surface area contributed by atoms with Crippen LogP contribution in [-0.2, 0) is 11.0 Å². The molecule has 0 radical (unpaired) electrons. The first kappa shape index (κ1) is 35.6. The fourth-order valence-corrected chi connectivity index (χ4v) is 4.29. The predicted octanol–water partition coefficient (Wildman–Crippen LogP) is 9.29. The van der Waals surface area contributed by atoms with E-state index in [0.29, 0.717) is 12.1 Å². The summed E-state index contributed by atoms with van der Waals surface area (Å²) < 4.78 is 120. The first-order valence-corrected chi connectivity index (χ1v) is 13.0. The van der Waals surface area contributed by atoms with E-state index in [1.807, 2.05) is 0 Å². The first-order valence-electron chi connectivity index (χ1n) is 11.9. The second-order valence-electron chi connectivity index (χ2n) is 9.22. The maximum Gasteiger partial charge on any atom is 0.417 e. The Balaban J connectivity index is 2.35. The van der Waals surface area contributed by atoms with Gasteiger partial charge in [-0.05, 0) is 49.2 Å². The second-order valence-corrected chi connectivity index (χ2v) is 10.4. The molecule has 2 rings (SSSR count). The van der Waals surface area contributed by atoms with Gasteiger partial charge in [0.1, 0.15) is 0 Å². The summed E-state index contributed by atoms with van der Waals surface area (Å²) in [6.07, 6.45) is -15.7. The van der Waals surface area contributed by atoms with E-state index in [1.54, 1.807) is 0 Å². The summed E-state index contributed by atoms with van der Waals surface area (Å²) in [6.45, 7) is 2.17. The summed E-state index contributed by atoms with van der Waals surface area (Å²) in [5, 5.41) is 1.36. The predicted molar refractivity (Wildman–Crippen MR) is 140 cm³/mol. The number of carbonyl (C=O) groups is 2. The van der Waals surface area contributed by atoms with E-state index < -0.39 is 78.5 Å². The lowest BCUT2D eigenvalue weighted by atomic mass is 9.96. The summed E-state index contributed by atoms with van der Waals surface area (Å²) in [5.74, 6) is -4.63. The molecule has 0 bridgehead atoms. The second kappa shape index (κ2) is 13.8. The molecular weight excluding hydrogens is 650 g/mol. The van der Waals surface area contributed by atoms with Crippen LogP contribution in [0.2, 0.25) is 15.1 Å². The number of hydrogen-bond acceptors (Lipinski definition) is 2. The van der Waals surface area contributed by atoms with Gasteiger partial charge in [0, 0.05) is 12.5 Å². The third-order valence-corrected chi connectivity index (χ3v) is 6.97. The van der Waals surface area contributed by atoms with Crippen LogP contribution < -0.4 is 5.32 Å². The Morgan fingerprint density at radius 3 is 1.98 bits per heavy atom. The van der Waals surface area contributed by atoms with E-state index >= 15 is 0 Å². The van der Waals surface area contributed by atoms with E-state index in [-0.39, 0.29) is 20.6 Å². The largest absolute Gasteiger partial charge is 0.417 e. The molecule has 0 aliphatic rings. The lowest BCUT2D eigenvalue weighted by Gasteiger charge is -2.27. The van der Waals surface area contributed by atoms with Crippen molar-refractivity contribution in [1.82, 2.24) is 10.2 Å². The SMILES string of the molecule is CC(C)N(CNC(=O)c1ccc(/C=C/C(c2cc(Cl)c(Cl)c(Cl)c2)C(F)(F)F)cc1C(F)(F)F)C(=O)CCC(F)(F)F. The molecule has 0 aliphatic heterocycles. The number of carbonyl (C=O) groups excluding carboxylic acids is 2. The van der Waals surface area contributed by atoms with Crippen LogP contribution in [0.3, 0.4) is 0 Å². The molecule has 0 saturated carbocycles.